The van der Waals surface area contributed by atoms with E-state index in [0.717, 1.165) is 32.1 Å². The number of hydrogen-bond donors (Lipinski definition) is 3. The van der Waals surface area contributed by atoms with Crippen LogP contribution < -0.4 is 10.6 Å². The number of imidazole rings is 1. The summed E-state index contributed by atoms with van der Waals surface area (Å²) in [7, 11) is 0. The third-order valence-corrected chi connectivity index (χ3v) is 7.34. The molecule has 2 fully saturated rings. The summed E-state index contributed by atoms with van der Waals surface area (Å²) < 4.78 is 30.8. The minimum atomic E-state index is -0.806. The lowest BCUT2D eigenvalue weighted by molar-refractivity contribution is 0.0186. The van der Waals surface area contributed by atoms with Crippen molar-refractivity contribution < 1.29 is 13.9 Å². The molecule has 2 aliphatic carbocycles. The monoisotopic (exact) mass is 470 g/mol. The molecule has 2 heterocycles. The number of aromatic nitrogens is 4. The molecule has 2 atom stereocenters. The fourth-order valence-corrected chi connectivity index (χ4v) is 5.39. The molecular weight excluding hydrogens is 438 g/mol. The van der Waals surface area contributed by atoms with Gasteiger partial charge in [-0.05, 0) is 64.0 Å². The van der Waals surface area contributed by atoms with Crippen molar-refractivity contribution in [3.05, 3.63) is 36.0 Å². The molecule has 182 valence electrons. The summed E-state index contributed by atoms with van der Waals surface area (Å²) in [6, 6.07) is 4.09. The molecule has 1 unspecified atom stereocenters. The van der Waals surface area contributed by atoms with E-state index in [-0.39, 0.29) is 17.6 Å². The highest BCUT2D eigenvalue weighted by atomic mass is 19.1. The Bertz CT molecular complexity index is 1150. The Labute approximate surface area is 198 Å². The quantitative estimate of drug-likeness (QED) is 0.428. The predicted molar refractivity (Wildman–Crippen MR) is 128 cm³/mol. The molecule has 2 aromatic heterocycles. The van der Waals surface area contributed by atoms with Crippen molar-refractivity contribution in [3.63, 3.8) is 0 Å². The second-order valence-corrected chi connectivity index (χ2v) is 10.2. The highest BCUT2D eigenvalue weighted by Crippen LogP contribution is 2.43. The van der Waals surface area contributed by atoms with E-state index in [1.54, 1.807) is 6.20 Å². The first kappa shape index (κ1) is 23.0. The molecule has 9 heteroatoms. The van der Waals surface area contributed by atoms with E-state index in [1.165, 1.54) is 37.5 Å². The zero-order valence-corrected chi connectivity index (χ0v) is 19.7. The van der Waals surface area contributed by atoms with Gasteiger partial charge in [0.05, 0.1) is 11.8 Å². The van der Waals surface area contributed by atoms with Gasteiger partial charge in [-0.1, -0.05) is 25.3 Å². The molecule has 0 radical (unpaired) electrons. The van der Waals surface area contributed by atoms with Crippen LogP contribution in [0.5, 0.6) is 0 Å². The minimum Gasteiger partial charge on any atom is -0.390 e. The summed E-state index contributed by atoms with van der Waals surface area (Å²) in [4.78, 5) is 13.9. The predicted octanol–water partition coefficient (Wildman–Crippen LogP) is 5.70. The van der Waals surface area contributed by atoms with Gasteiger partial charge in [0, 0.05) is 12.1 Å². The first-order chi connectivity index (χ1) is 16.3. The average Bonchev–Trinajstić information content (AvgIpc) is 3.41. The maximum Gasteiger partial charge on any atom is 0.224 e. The second-order valence-electron chi connectivity index (χ2n) is 10.2. The Morgan fingerprint density at radius 3 is 2.44 bits per heavy atom. The van der Waals surface area contributed by atoms with Gasteiger partial charge >= 0.3 is 0 Å². The molecule has 5 rings (SSSR count). The Kier molecular flexibility index (Phi) is 6.14. The standard InChI is InChI=1S/C25H32F2N6O/c1-25(2,34)15-11-12-17(13-15)33-22-20(14-28-23(32-22)29-16-7-4-3-5-8-16)30-24(33)31-21-18(26)9-6-10-19(21)27/h6,9-10,14-17,34H,3-5,7-8,11-13H2,1-2H3,(H,30,31)(H,28,29,32)/t15-,17?/m1/s1. The third-order valence-electron chi connectivity index (χ3n) is 7.34. The first-order valence-electron chi connectivity index (χ1n) is 12.2. The summed E-state index contributed by atoms with van der Waals surface area (Å²) in [5, 5.41) is 16.9. The van der Waals surface area contributed by atoms with Crippen LogP contribution in [-0.2, 0) is 0 Å². The maximum absolute atomic E-state index is 14.4. The zero-order chi connectivity index (χ0) is 23.9. The number of aliphatic hydroxyl groups is 1. The van der Waals surface area contributed by atoms with Gasteiger partial charge < -0.3 is 15.7 Å². The van der Waals surface area contributed by atoms with E-state index in [4.69, 9.17) is 4.98 Å². The fourth-order valence-electron chi connectivity index (χ4n) is 5.39. The number of nitrogens with zero attached hydrogens (tertiary/aromatic N) is 4. The van der Waals surface area contributed by atoms with Gasteiger partial charge in [-0.3, -0.25) is 4.57 Å². The molecule has 0 spiro atoms. The number of para-hydroxylation sites is 1. The molecule has 34 heavy (non-hydrogen) atoms. The minimum absolute atomic E-state index is 0.0174. The van der Waals surface area contributed by atoms with Gasteiger partial charge in [0.2, 0.25) is 11.9 Å². The number of halogens is 2. The zero-order valence-electron chi connectivity index (χ0n) is 19.7. The Hall–Kier alpha value is -2.81. The van der Waals surface area contributed by atoms with Crippen molar-refractivity contribution in [2.45, 2.75) is 82.9 Å². The smallest absolute Gasteiger partial charge is 0.224 e. The lowest BCUT2D eigenvalue weighted by atomic mass is 9.89. The number of rotatable bonds is 6. The molecule has 2 saturated carbocycles. The SMILES string of the molecule is CC(C)(O)[C@@H]1CCC(n2c(Nc3c(F)cccc3F)nc3cnc(NC4CCCCC4)nc32)C1. The molecule has 1 aromatic carbocycles. The van der Waals surface area contributed by atoms with Crippen molar-refractivity contribution in [1.29, 1.82) is 0 Å². The summed E-state index contributed by atoms with van der Waals surface area (Å²) in [5.74, 6) is -0.407. The van der Waals surface area contributed by atoms with E-state index >= 15 is 0 Å². The van der Waals surface area contributed by atoms with Crippen LogP contribution in [-0.4, -0.2) is 36.3 Å². The number of fused-ring (bicyclic) bond motifs is 1. The maximum atomic E-state index is 14.4. The normalized spacial score (nSPS) is 21.8. The van der Waals surface area contributed by atoms with Crippen molar-refractivity contribution in [1.82, 2.24) is 19.5 Å². The van der Waals surface area contributed by atoms with Gasteiger partial charge in [-0.15, -0.1) is 0 Å². The molecule has 0 amide bonds. The summed E-state index contributed by atoms with van der Waals surface area (Å²) in [5.41, 5.74) is 0.123. The van der Waals surface area contributed by atoms with Crippen molar-refractivity contribution in [2.24, 2.45) is 5.92 Å². The Balaban J connectivity index is 1.54. The molecule has 0 saturated heterocycles. The van der Waals surface area contributed by atoms with Crippen LogP contribution in [0.4, 0.5) is 26.4 Å². The van der Waals surface area contributed by atoms with E-state index in [2.05, 4.69) is 20.6 Å². The van der Waals surface area contributed by atoms with Crippen LogP contribution in [0.15, 0.2) is 24.4 Å². The van der Waals surface area contributed by atoms with Crippen LogP contribution in [0.3, 0.4) is 0 Å². The van der Waals surface area contributed by atoms with E-state index < -0.39 is 17.2 Å². The Morgan fingerprint density at radius 1 is 1.03 bits per heavy atom. The van der Waals surface area contributed by atoms with Gasteiger partial charge in [0.25, 0.3) is 0 Å². The van der Waals surface area contributed by atoms with E-state index in [9.17, 15) is 13.9 Å². The number of benzene rings is 1. The van der Waals surface area contributed by atoms with Gasteiger partial charge in [-0.25, -0.2) is 18.7 Å². The van der Waals surface area contributed by atoms with Gasteiger partial charge in [0.15, 0.2) is 5.65 Å². The van der Waals surface area contributed by atoms with E-state index in [0.29, 0.717) is 29.1 Å². The fraction of sp³-hybridized carbons (Fsp3) is 0.560. The molecular formula is C25H32F2N6O. The van der Waals surface area contributed by atoms with Gasteiger partial charge in [0.1, 0.15) is 22.8 Å². The first-order valence-corrected chi connectivity index (χ1v) is 12.2. The topological polar surface area (TPSA) is 87.9 Å². The van der Waals surface area contributed by atoms with Crippen LogP contribution in [0.25, 0.3) is 11.2 Å². The number of hydrogen-bond acceptors (Lipinski definition) is 6. The third kappa shape index (κ3) is 4.58. The summed E-state index contributed by atoms with van der Waals surface area (Å²) in [6.45, 7) is 3.66. The molecule has 3 aromatic rings. The molecule has 0 bridgehead atoms. The lowest BCUT2D eigenvalue weighted by Gasteiger charge is -2.26. The Morgan fingerprint density at radius 2 is 1.76 bits per heavy atom. The molecule has 3 N–H and O–H groups in total. The van der Waals surface area contributed by atoms with Crippen molar-refractivity contribution in [3.8, 4) is 0 Å². The van der Waals surface area contributed by atoms with Crippen LogP contribution in [0.2, 0.25) is 0 Å². The lowest BCUT2D eigenvalue weighted by Crippen LogP contribution is -2.29. The number of nitrogens with one attached hydrogen (secondary N) is 2. The number of anilines is 3. The van der Waals surface area contributed by atoms with Crippen molar-refractivity contribution >= 4 is 28.7 Å². The van der Waals surface area contributed by atoms with E-state index in [1.807, 2.05) is 18.4 Å². The van der Waals surface area contributed by atoms with Crippen LogP contribution in [0, 0.1) is 17.6 Å². The molecule has 2 aliphatic rings. The highest BCUT2D eigenvalue weighted by molar-refractivity contribution is 5.76. The average molecular weight is 471 g/mol. The second kappa shape index (κ2) is 9.09. The largest absolute Gasteiger partial charge is 0.390 e. The van der Waals surface area contributed by atoms with Crippen LogP contribution in [0.1, 0.15) is 71.3 Å². The highest BCUT2D eigenvalue weighted by Gasteiger charge is 2.37. The van der Waals surface area contributed by atoms with Crippen LogP contribution >= 0.6 is 0 Å². The van der Waals surface area contributed by atoms with Crippen molar-refractivity contribution in [2.75, 3.05) is 10.6 Å². The molecule has 0 aliphatic heterocycles. The summed E-state index contributed by atoms with van der Waals surface area (Å²) in [6.07, 6.45) is 9.88. The van der Waals surface area contributed by atoms with Gasteiger partial charge in [-0.2, -0.15) is 4.98 Å². The summed E-state index contributed by atoms with van der Waals surface area (Å²) >= 11 is 0. The molecule has 7 nitrogen and oxygen atoms in total.